The molecular weight excluding hydrogens is 314 g/mol. The minimum Gasteiger partial charge on any atom is -0.381 e. The van der Waals surface area contributed by atoms with Crippen molar-refractivity contribution in [3.05, 3.63) is 78.1 Å². The number of nitrogens with zero attached hydrogens (tertiary/aromatic N) is 2. The average molecular weight is 331 g/mol. The van der Waals surface area contributed by atoms with Gasteiger partial charge in [-0.3, -0.25) is 4.98 Å². The molecule has 0 spiro atoms. The lowest BCUT2D eigenvalue weighted by Crippen LogP contribution is -1.99. The Morgan fingerprint density at radius 1 is 1.04 bits per heavy atom. The molecule has 2 aromatic heterocycles. The van der Waals surface area contributed by atoms with Crippen LogP contribution in [0.5, 0.6) is 0 Å². The summed E-state index contributed by atoms with van der Waals surface area (Å²) in [5, 5.41) is 4.48. The third kappa shape index (κ3) is 3.14. The van der Waals surface area contributed by atoms with E-state index >= 15 is 0 Å². The molecule has 0 saturated carbocycles. The first-order valence-electron chi connectivity index (χ1n) is 7.88. The van der Waals surface area contributed by atoms with Gasteiger partial charge >= 0.3 is 0 Å². The van der Waals surface area contributed by atoms with Crippen molar-refractivity contribution >= 4 is 27.2 Å². The third-order valence-corrected chi connectivity index (χ3v) is 4.98. The summed E-state index contributed by atoms with van der Waals surface area (Å²) in [5.41, 5.74) is 5.74. The van der Waals surface area contributed by atoms with E-state index in [0.717, 1.165) is 28.3 Å². The van der Waals surface area contributed by atoms with Crippen molar-refractivity contribution in [2.24, 2.45) is 0 Å². The highest BCUT2D eigenvalue weighted by Gasteiger charge is 2.06. The zero-order valence-corrected chi connectivity index (χ0v) is 14.2. The Bertz CT molecular complexity index is 959. The number of fused-ring (bicyclic) bond motifs is 1. The van der Waals surface area contributed by atoms with Gasteiger partial charge in [0, 0.05) is 30.2 Å². The van der Waals surface area contributed by atoms with E-state index in [9.17, 15) is 0 Å². The summed E-state index contributed by atoms with van der Waals surface area (Å²) in [5.74, 6) is 0. The molecule has 118 valence electrons. The predicted molar refractivity (Wildman–Crippen MR) is 101 cm³/mol. The van der Waals surface area contributed by atoms with Gasteiger partial charge in [0.1, 0.15) is 5.01 Å². The van der Waals surface area contributed by atoms with Crippen LogP contribution in [0.1, 0.15) is 11.1 Å². The van der Waals surface area contributed by atoms with Crippen LogP contribution in [0.15, 0.2) is 67.0 Å². The van der Waals surface area contributed by atoms with Gasteiger partial charge in [0.25, 0.3) is 0 Å². The molecular formula is C20H17N3S. The molecule has 0 fully saturated rings. The number of nitrogens with one attached hydrogen (secondary N) is 1. The highest BCUT2D eigenvalue weighted by atomic mass is 32.1. The van der Waals surface area contributed by atoms with Gasteiger partial charge in [0.05, 0.1) is 10.2 Å². The number of rotatable bonds is 4. The van der Waals surface area contributed by atoms with Crippen LogP contribution in [0.3, 0.4) is 0 Å². The first-order chi connectivity index (χ1) is 11.8. The number of hydrogen-bond acceptors (Lipinski definition) is 4. The molecule has 3 nitrogen and oxygen atoms in total. The van der Waals surface area contributed by atoms with E-state index in [0.29, 0.717) is 0 Å². The quantitative estimate of drug-likeness (QED) is 0.553. The molecule has 24 heavy (non-hydrogen) atoms. The Kier molecular flexibility index (Phi) is 3.97. The second-order valence-electron chi connectivity index (χ2n) is 5.78. The maximum Gasteiger partial charge on any atom is 0.124 e. The minimum atomic E-state index is 0.771. The first-order valence-corrected chi connectivity index (χ1v) is 8.70. The van der Waals surface area contributed by atoms with Crippen LogP contribution >= 0.6 is 11.3 Å². The summed E-state index contributed by atoms with van der Waals surface area (Å²) in [6.45, 7) is 2.87. The number of aromatic nitrogens is 2. The molecule has 0 radical (unpaired) electrons. The first kappa shape index (κ1) is 14.8. The van der Waals surface area contributed by atoms with Crippen LogP contribution in [-0.2, 0) is 6.54 Å². The highest BCUT2D eigenvalue weighted by molar-refractivity contribution is 7.21. The van der Waals surface area contributed by atoms with E-state index in [2.05, 4.69) is 65.8 Å². The number of pyridine rings is 1. The Hall–Kier alpha value is -2.72. The summed E-state index contributed by atoms with van der Waals surface area (Å²) in [7, 11) is 0. The summed E-state index contributed by atoms with van der Waals surface area (Å²) in [6, 6.07) is 18.9. The monoisotopic (exact) mass is 331 g/mol. The predicted octanol–water partition coefficient (Wildman–Crippen LogP) is 5.28. The van der Waals surface area contributed by atoms with E-state index in [-0.39, 0.29) is 0 Å². The lowest BCUT2D eigenvalue weighted by atomic mass is 10.2. The molecule has 2 heterocycles. The molecule has 0 saturated heterocycles. The minimum absolute atomic E-state index is 0.771. The van der Waals surface area contributed by atoms with Gasteiger partial charge in [-0.25, -0.2) is 4.98 Å². The average Bonchev–Trinajstić information content (AvgIpc) is 3.04. The maximum absolute atomic E-state index is 4.76. The van der Waals surface area contributed by atoms with E-state index in [1.54, 1.807) is 17.5 Å². The molecule has 4 rings (SSSR count). The molecule has 0 amide bonds. The maximum atomic E-state index is 4.76. The number of aryl methyl sites for hydroxylation is 1. The third-order valence-electron chi connectivity index (χ3n) is 3.89. The second-order valence-corrected chi connectivity index (χ2v) is 6.81. The van der Waals surface area contributed by atoms with Gasteiger partial charge < -0.3 is 5.32 Å². The van der Waals surface area contributed by atoms with Gasteiger partial charge in [0.2, 0.25) is 0 Å². The summed E-state index contributed by atoms with van der Waals surface area (Å²) in [4.78, 5) is 8.89. The smallest absolute Gasteiger partial charge is 0.124 e. The molecule has 0 unspecified atom stereocenters. The van der Waals surface area contributed by atoms with Gasteiger partial charge in [-0.2, -0.15) is 0 Å². The molecule has 4 heteroatoms. The van der Waals surface area contributed by atoms with Crippen LogP contribution < -0.4 is 5.32 Å². The fourth-order valence-electron chi connectivity index (χ4n) is 2.60. The van der Waals surface area contributed by atoms with E-state index in [1.165, 1.54) is 15.8 Å². The van der Waals surface area contributed by atoms with Crippen molar-refractivity contribution in [2.75, 3.05) is 5.32 Å². The number of thiazole rings is 1. The van der Waals surface area contributed by atoms with Crippen LogP contribution in [0.4, 0.5) is 5.69 Å². The second kappa shape index (κ2) is 6.42. The number of benzene rings is 2. The van der Waals surface area contributed by atoms with Crippen LogP contribution in [0, 0.1) is 6.92 Å². The van der Waals surface area contributed by atoms with Crippen LogP contribution in [-0.4, -0.2) is 9.97 Å². The van der Waals surface area contributed by atoms with Crippen molar-refractivity contribution in [3.63, 3.8) is 0 Å². The van der Waals surface area contributed by atoms with E-state index in [1.807, 2.05) is 12.3 Å². The Morgan fingerprint density at radius 2 is 1.92 bits per heavy atom. The van der Waals surface area contributed by atoms with Crippen molar-refractivity contribution in [1.82, 2.24) is 9.97 Å². The van der Waals surface area contributed by atoms with Gasteiger partial charge in [0.15, 0.2) is 0 Å². The summed E-state index contributed by atoms with van der Waals surface area (Å²) >= 11 is 1.74. The van der Waals surface area contributed by atoms with Crippen LogP contribution in [0.25, 0.3) is 20.8 Å². The Balaban J connectivity index is 1.52. The summed E-state index contributed by atoms with van der Waals surface area (Å²) in [6.07, 6.45) is 3.67. The molecule has 4 aromatic rings. The molecule has 0 aliphatic carbocycles. The fourth-order valence-corrected chi connectivity index (χ4v) is 3.55. The van der Waals surface area contributed by atoms with E-state index < -0.39 is 0 Å². The topological polar surface area (TPSA) is 37.8 Å². The summed E-state index contributed by atoms with van der Waals surface area (Å²) < 4.78 is 1.23. The van der Waals surface area contributed by atoms with Crippen molar-refractivity contribution in [1.29, 1.82) is 0 Å². The van der Waals surface area contributed by atoms with Gasteiger partial charge in [-0.15, -0.1) is 11.3 Å². The number of hydrogen-bond donors (Lipinski definition) is 1. The molecule has 2 aromatic carbocycles. The zero-order chi connectivity index (χ0) is 16.4. The zero-order valence-electron chi connectivity index (χ0n) is 13.4. The number of anilines is 1. The molecule has 0 bridgehead atoms. The van der Waals surface area contributed by atoms with Crippen molar-refractivity contribution in [3.8, 4) is 10.6 Å². The lowest BCUT2D eigenvalue weighted by Gasteiger charge is -2.06. The largest absolute Gasteiger partial charge is 0.381 e. The van der Waals surface area contributed by atoms with Crippen molar-refractivity contribution < 1.29 is 0 Å². The fraction of sp³-hybridized carbons (Fsp3) is 0.100. The van der Waals surface area contributed by atoms with E-state index in [4.69, 9.17) is 4.98 Å². The lowest BCUT2D eigenvalue weighted by molar-refractivity contribution is 1.11. The Labute approximate surface area is 145 Å². The molecule has 0 aliphatic heterocycles. The van der Waals surface area contributed by atoms with Crippen molar-refractivity contribution in [2.45, 2.75) is 13.5 Å². The normalized spacial score (nSPS) is 10.9. The van der Waals surface area contributed by atoms with Crippen LogP contribution in [0.2, 0.25) is 0 Å². The molecule has 0 aliphatic rings. The molecule has 0 atom stereocenters. The van der Waals surface area contributed by atoms with Gasteiger partial charge in [-0.1, -0.05) is 12.1 Å². The Morgan fingerprint density at radius 3 is 2.71 bits per heavy atom. The standard InChI is InChI=1S/C20H17N3S/c1-14-4-9-19-18(11-14)23-20(24-19)16-5-7-17(8-6-16)22-13-15-3-2-10-21-12-15/h2-12,22H,13H2,1H3. The molecule has 1 N–H and O–H groups in total. The van der Waals surface area contributed by atoms with Gasteiger partial charge in [-0.05, 0) is 60.5 Å². The highest BCUT2D eigenvalue weighted by Crippen LogP contribution is 2.31. The SMILES string of the molecule is Cc1ccc2sc(-c3ccc(NCc4cccnc4)cc3)nc2c1.